The third kappa shape index (κ3) is 5.31. The number of nitrogens with one attached hydrogen (secondary N) is 1. The first-order valence-corrected chi connectivity index (χ1v) is 11.0. The Bertz CT molecular complexity index is 1300. The van der Waals surface area contributed by atoms with E-state index in [1.807, 2.05) is 42.5 Å². The van der Waals surface area contributed by atoms with E-state index in [2.05, 4.69) is 10.5 Å². The van der Waals surface area contributed by atoms with Gasteiger partial charge in [0.25, 0.3) is 0 Å². The Kier molecular flexibility index (Phi) is 7.01. The molecule has 0 aliphatic rings. The fourth-order valence-electron chi connectivity index (χ4n) is 3.54. The predicted molar refractivity (Wildman–Crippen MR) is 138 cm³/mol. The minimum atomic E-state index is -0.195. The lowest BCUT2D eigenvalue weighted by molar-refractivity contribution is 0.103. The molecule has 0 bridgehead atoms. The lowest BCUT2D eigenvalue weighted by Gasteiger charge is -2.12. The Morgan fingerprint density at radius 2 is 0.971 bits per heavy atom. The van der Waals surface area contributed by atoms with Gasteiger partial charge in [0.05, 0.1) is 5.71 Å². The standard InChI is InChI=1S/C28H21N3O2S/c29-28(34)31-30-25(19-10-4-1-5-11-19)22-16-23(26(32)20-12-6-2-7-13-20)18-24(17-22)27(33)21-14-8-3-9-15-21/h1-18H,(H3,29,31,34)/b30-25-. The summed E-state index contributed by atoms with van der Waals surface area (Å²) in [6.07, 6.45) is 0. The van der Waals surface area contributed by atoms with Crippen molar-refractivity contribution >= 4 is 34.6 Å². The zero-order valence-corrected chi connectivity index (χ0v) is 19.0. The summed E-state index contributed by atoms with van der Waals surface area (Å²) in [4.78, 5) is 26.7. The van der Waals surface area contributed by atoms with Crippen LogP contribution in [0.5, 0.6) is 0 Å². The number of nitrogens with two attached hydrogens (primary N) is 1. The highest BCUT2D eigenvalue weighted by atomic mass is 32.1. The van der Waals surface area contributed by atoms with E-state index in [1.165, 1.54) is 0 Å². The first kappa shape index (κ1) is 22.8. The number of thiocarbonyl (C=S) groups is 1. The molecule has 4 rings (SSSR count). The summed E-state index contributed by atoms with van der Waals surface area (Å²) in [5.41, 5.74) is 11.9. The topological polar surface area (TPSA) is 84.5 Å². The predicted octanol–water partition coefficient (Wildman–Crippen LogP) is 4.73. The first-order valence-electron chi connectivity index (χ1n) is 10.6. The van der Waals surface area contributed by atoms with Crippen LogP contribution in [-0.4, -0.2) is 22.4 Å². The zero-order chi connectivity index (χ0) is 23.9. The molecule has 0 amide bonds. The summed E-state index contributed by atoms with van der Waals surface area (Å²) < 4.78 is 0. The van der Waals surface area contributed by atoms with Crippen molar-refractivity contribution in [3.8, 4) is 0 Å². The van der Waals surface area contributed by atoms with Gasteiger partial charge in [-0.1, -0.05) is 91.0 Å². The van der Waals surface area contributed by atoms with Crippen molar-refractivity contribution < 1.29 is 9.59 Å². The molecule has 4 aromatic carbocycles. The van der Waals surface area contributed by atoms with Gasteiger partial charge in [0, 0.05) is 33.4 Å². The van der Waals surface area contributed by atoms with Crippen LogP contribution in [0.4, 0.5) is 0 Å². The molecule has 166 valence electrons. The number of carbonyl (C=O) groups is 2. The molecule has 3 N–H and O–H groups in total. The number of hydrazone groups is 1. The average molecular weight is 464 g/mol. The van der Waals surface area contributed by atoms with E-state index < -0.39 is 0 Å². The van der Waals surface area contributed by atoms with Crippen LogP contribution < -0.4 is 11.2 Å². The first-order chi connectivity index (χ1) is 16.5. The molecule has 0 radical (unpaired) electrons. The maximum atomic E-state index is 13.3. The highest BCUT2D eigenvalue weighted by Gasteiger charge is 2.18. The van der Waals surface area contributed by atoms with E-state index in [0.717, 1.165) is 5.56 Å². The van der Waals surface area contributed by atoms with E-state index >= 15 is 0 Å². The van der Waals surface area contributed by atoms with Gasteiger partial charge in [-0.15, -0.1) is 0 Å². The van der Waals surface area contributed by atoms with Crippen molar-refractivity contribution in [2.24, 2.45) is 10.8 Å². The summed E-state index contributed by atoms with van der Waals surface area (Å²) in [5, 5.41) is 4.39. The second-order valence-electron chi connectivity index (χ2n) is 7.49. The van der Waals surface area contributed by atoms with Gasteiger partial charge in [-0.2, -0.15) is 5.10 Å². The highest BCUT2D eigenvalue weighted by Crippen LogP contribution is 2.21. The maximum Gasteiger partial charge on any atom is 0.193 e. The Hall–Kier alpha value is -4.42. The van der Waals surface area contributed by atoms with E-state index in [9.17, 15) is 9.59 Å². The zero-order valence-electron chi connectivity index (χ0n) is 18.1. The van der Waals surface area contributed by atoms with Crippen molar-refractivity contribution in [2.45, 2.75) is 0 Å². The molecular formula is C28H21N3O2S. The number of nitrogens with zero attached hydrogens (tertiary/aromatic N) is 1. The molecule has 0 saturated heterocycles. The maximum absolute atomic E-state index is 13.3. The second-order valence-corrected chi connectivity index (χ2v) is 7.93. The second kappa shape index (κ2) is 10.5. The molecule has 0 aromatic heterocycles. The Morgan fingerprint density at radius 3 is 1.38 bits per heavy atom. The molecule has 4 aromatic rings. The number of benzene rings is 4. The van der Waals surface area contributed by atoms with Gasteiger partial charge >= 0.3 is 0 Å². The highest BCUT2D eigenvalue weighted by molar-refractivity contribution is 7.80. The van der Waals surface area contributed by atoms with Gasteiger partial charge in [-0.05, 0) is 30.4 Å². The summed E-state index contributed by atoms with van der Waals surface area (Å²) >= 11 is 4.93. The van der Waals surface area contributed by atoms with Gasteiger partial charge in [0.2, 0.25) is 0 Å². The van der Waals surface area contributed by atoms with Gasteiger partial charge in [-0.25, -0.2) is 0 Å². The Labute approximate surface area is 202 Å². The van der Waals surface area contributed by atoms with Gasteiger partial charge in [-0.3, -0.25) is 15.0 Å². The molecule has 0 unspecified atom stereocenters. The molecular weight excluding hydrogens is 442 g/mol. The SMILES string of the molecule is NC(=S)N/N=C(/c1ccccc1)c1cc(C(=O)c2ccccc2)cc(C(=O)c2ccccc2)c1. The Balaban J connectivity index is 1.90. The van der Waals surface area contributed by atoms with E-state index in [0.29, 0.717) is 33.5 Å². The Morgan fingerprint density at radius 1 is 0.588 bits per heavy atom. The van der Waals surface area contributed by atoms with Crippen molar-refractivity contribution in [1.29, 1.82) is 0 Å². The average Bonchev–Trinajstić information content (AvgIpc) is 2.89. The molecule has 0 spiro atoms. The number of rotatable bonds is 7. The van der Waals surface area contributed by atoms with Crippen molar-refractivity contribution in [3.05, 3.63) is 143 Å². The van der Waals surface area contributed by atoms with Crippen LogP contribution >= 0.6 is 12.2 Å². The third-order valence-electron chi connectivity index (χ3n) is 5.13. The van der Waals surface area contributed by atoms with Crippen molar-refractivity contribution in [2.75, 3.05) is 0 Å². The molecule has 6 heteroatoms. The van der Waals surface area contributed by atoms with Crippen LogP contribution in [0.2, 0.25) is 0 Å². The fourth-order valence-corrected chi connectivity index (χ4v) is 3.59. The number of hydrogen-bond acceptors (Lipinski definition) is 4. The van der Waals surface area contributed by atoms with Crippen LogP contribution in [-0.2, 0) is 0 Å². The largest absolute Gasteiger partial charge is 0.375 e. The van der Waals surface area contributed by atoms with E-state index in [-0.39, 0.29) is 16.7 Å². The molecule has 0 heterocycles. The summed E-state index contributed by atoms with van der Waals surface area (Å²) in [6.45, 7) is 0. The van der Waals surface area contributed by atoms with Crippen LogP contribution in [0.15, 0.2) is 114 Å². The molecule has 0 aliphatic heterocycles. The third-order valence-corrected chi connectivity index (χ3v) is 5.22. The summed E-state index contributed by atoms with van der Waals surface area (Å²) in [7, 11) is 0. The van der Waals surface area contributed by atoms with Crippen LogP contribution in [0.25, 0.3) is 0 Å². The normalized spacial score (nSPS) is 11.0. The molecule has 0 fully saturated rings. The summed E-state index contributed by atoms with van der Waals surface area (Å²) in [6, 6.07) is 32.4. The molecule has 0 aliphatic carbocycles. The quantitative estimate of drug-likeness (QED) is 0.179. The van der Waals surface area contributed by atoms with Crippen LogP contribution in [0.1, 0.15) is 43.0 Å². The molecule has 34 heavy (non-hydrogen) atoms. The number of hydrogen-bond donors (Lipinski definition) is 2. The number of carbonyl (C=O) groups excluding carboxylic acids is 2. The van der Waals surface area contributed by atoms with E-state index in [1.54, 1.807) is 66.7 Å². The minimum Gasteiger partial charge on any atom is -0.375 e. The monoisotopic (exact) mass is 463 g/mol. The van der Waals surface area contributed by atoms with Gasteiger partial charge in [0.15, 0.2) is 16.7 Å². The fraction of sp³-hybridized carbons (Fsp3) is 0. The molecule has 0 saturated carbocycles. The van der Waals surface area contributed by atoms with Crippen LogP contribution in [0.3, 0.4) is 0 Å². The van der Waals surface area contributed by atoms with E-state index in [4.69, 9.17) is 18.0 Å². The number of ketones is 2. The smallest absolute Gasteiger partial charge is 0.193 e. The lowest BCUT2D eigenvalue weighted by Crippen LogP contribution is -2.26. The van der Waals surface area contributed by atoms with Crippen molar-refractivity contribution in [3.63, 3.8) is 0 Å². The minimum absolute atomic E-state index is 0.00512. The van der Waals surface area contributed by atoms with Gasteiger partial charge < -0.3 is 5.73 Å². The molecule has 0 atom stereocenters. The van der Waals surface area contributed by atoms with Crippen LogP contribution in [0, 0.1) is 0 Å². The molecule has 5 nitrogen and oxygen atoms in total. The van der Waals surface area contributed by atoms with Gasteiger partial charge in [0.1, 0.15) is 0 Å². The summed E-state index contributed by atoms with van der Waals surface area (Å²) in [5.74, 6) is -0.390. The van der Waals surface area contributed by atoms with Crippen molar-refractivity contribution in [1.82, 2.24) is 5.43 Å². The lowest BCUT2D eigenvalue weighted by atomic mass is 9.92.